The molecule has 2 aliphatic rings. The van der Waals surface area contributed by atoms with Crippen LogP contribution in [0.3, 0.4) is 0 Å². The van der Waals surface area contributed by atoms with E-state index in [4.69, 9.17) is 0 Å². The maximum Gasteiger partial charge on any atom is 0.252 e. The molecule has 0 N–H and O–H groups in total. The maximum absolute atomic E-state index is 2.67. The van der Waals surface area contributed by atoms with Crippen LogP contribution in [-0.2, 0) is 22.7 Å². The van der Waals surface area contributed by atoms with Gasteiger partial charge in [-0.1, -0.05) is 178 Å². The van der Waals surface area contributed by atoms with Crippen LogP contribution < -0.4 is 16.4 Å². The maximum atomic E-state index is 2.67. The molecule has 0 aliphatic carbocycles. The van der Waals surface area contributed by atoms with E-state index in [-0.39, 0.29) is 23.0 Å². The van der Waals surface area contributed by atoms with E-state index in [1.165, 1.54) is 143 Å². The molecule has 0 bridgehead atoms. The van der Waals surface area contributed by atoms with Crippen LogP contribution in [-0.4, -0.2) is 20.4 Å². The van der Waals surface area contributed by atoms with E-state index in [0.29, 0.717) is 0 Å². The third-order valence-electron chi connectivity index (χ3n) is 16.6. The molecule has 12 aromatic rings. The van der Waals surface area contributed by atoms with Gasteiger partial charge in [-0.05, 0) is 144 Å². The summed E-state index contributed by atoms with van der Waals surface area (Å²) in [6.07, 6.45) is 0.971. The number of fused-ring (bicyclic) bond motifs is 13. The molecule has 0 unspecified atom stereocenters. The van der Waals surface area contributed by atoms with Gasteiger partial charge in [-0.25, -0.2) is 0 Å². The van der Waals surface area contributed by atoms with Crippen LogP contribution in [0.25, 0.3) is 105 Å². The Morgan fingerprint density at radius 1 is 0.361 bits per heavy atom. The smallest absolute Gasteiger partial charge is 0.252 e. The largest absolute Gasteiger partial charge is 0.310 e. The molecule has 9 aromatic carbocycles. The highest BCUT2D eigenvalue weighted by atomic mass is 15.1. The second kappa shape index (κ2) is 14.8. The van der Waals surface area contributed by atoms with Gasteiger partial charge in [0.15, 0.2) is 0 Å². The molecule has 0 spiro atoms. The minimum Gasteiger partial charge on any atom is -0.310 e. The van der Waals surface area contributed by atoms with Crippen molar-refractivity contribution in [2.45, 2.75) is 91.9 Å². The number of rotatable bonds is 4. The minimum atomic E-state index is -0.0449. The van der Waals surface area contributed by atoms with E-state index < -0.39 is 0 Å². The first-order chi connectivity index (χ1) is 34.5. The zero-order valence-corrected chi connectivity index (χ0v) is 43.3. The van der Waals surface area contributed by atoms with Crippen molar-refractivity contribution in [2.75, 3.05) is 0 Å². The standard InChI is InChI=1S/C68H60BN3/c1-11-40-22-26-49-50-27-23-47(68(8,9)10)37-60(50)70(59(49)30-40)48-38-61-63-62(39-48)72-58-29-25-46(67(5,6)7)36-52(58)54-32-44(42-20-16-13-17-21-42)34-56(65(54)72)69(63)55-33-43(41-18-14-12-15-19-41)31-53-51-35-45(66(2,3)4)24-28-57(51)71(61)64(53)55/h12-39H,11H2,1-10H3. The van der Waals surface area contributed by atoms with E-state index >= 15 is 0 Å². The lowest BCUT2D eigenvalue weighted by molar-refractivity contribution is 0.590. The van der Waals surface area contributed by atoms with Gasteiger partial charge in [-0.2, -0.15) is 0 Å². The molecule has 5 heterocycles. The molecular weight excluding hydrogens is 870 g/mol. The van der Waals surface area contributed by atoms with Crippen LogP contribution in [0, 0.1) is 0 Å². The quantitative estimate of drug-likeness (QED) is 0.156. The molecule has 0 radical (unpaired) electrons. The Kier molecular flexibility index (Phi) is 8.87. The first-order valence-corrected chi connectivity index (χ1v) is 26.2. The summed E-state index contributed by atoms with van der Waals surface area (Å²) in [5, 5.41) is 7.79. The highest BCUT2D eigenvalue weighted by Crippen LogP contribution is 2.45. The van der Waals surface area contributed by atoms with Crippen molar-refractivity contribution in [3.05, 3.63) is 192 Å². The van der Waals surface area contributed by atoms with Gasteiger partial charge in [0.2, 0.25) is 0 Å². The van der Waals surface area contributed by atoms with E-state index in [9.17, 15) is 0 Å². The predicted octanol–water partition coefficient (Wildman–Crippen LogP) is 15.9. The van der Waals surface area contributed by atoms with Gasteiger partial charge >= 0.3 is 0 Å². The first-order valence-electron chi connectivity index (χ1n) is 26.2. The molecular formula is C68H60BN3. The summed E-state index contributed by atoms with van der Waals surface area (Å²) in [7, 11) is 0. The molecule has 3 aromatic heterocycles. The summed E-state index contributed by atoms with van der Waals surface area (Å²) in [6, 6.07) is 66.3. The SMILES string of the molecule is CCc1ccc2c3ccc(C(C)(C)C)cc3n(-c3cc4c5c(c3)-n3c6ccc(C(C)(C)C)cc6c6cc(-c7ccccc7)cc(c63)B5c3cc(-c5ccccc5)cc5c6cc(C(C)(C)C)ccc6n-4c35)c2c1. The molecule has 72 heavy (non-hydrogen) atoms. The third-order valence-corrected chi connectivity index (χ3v) is 16.6. The molecule has 4 heteroatoms. The van der Waals surface area contributed by atoms with Gasteiger partial charge in [-0.3, -0.25) is 0 Å². The summed E-state index contributed by atoms with van der Waals surface area (Å²) in [5.41, 5.74) is 25.6. The molecule has 0 atom stereocenters. The Balaban J connectivity index is 1.21. The van der Waals surface area contributed by atoms with Crippen molar-refractivity contribution in [2.24, 2.45) is 0 Å². The second-order valence-electron chi connectivity index (χ2n) is 24.1. The minimum absolute atomic E-state index is 0.0208. The number of aromatic nitrogens is 3. The van der Waals surface area contributed by atoms with Gasteiger partial charge in [0.1, 0.15) is 0 Å². The van der Waals surface area contributed by atoms with Crippen molar-refractivity contribution in [3.8, 4) is 39.3 Å². The Bertz CT molecular complexity index is 4090. The number of benzene rings is 9. The van der Waals surface area contributed by atoms with Crippen molar-refractivity contribution in [1.29, 1.82) is 0 Å². The van der Waals surface area contributed by atoms with E-state index in [2.05, 4.69) is 253 Å². The van der Waals surface area contributed by atoms with Crippen LogP contribution in [0.15, 0.2) is 170 Å². The highest BCUT2D eigenvalue weighted by molar-refractivity contribution is 7.00. The highest BCUT2D eigenvalue weighted by Gasteiger charge is 2.42. The number of hydrogen-bond donors (Lipinski definition) is 0. The zero-order chi connectivity index (χ0) is 49.3. The molecule has 14 rings (SSSR count). The Labute approximate surface area is 423 Å². The molecule has 2 aliphatic heterocycles. The fourth-order valence-corrected chi connectivity index (χ4v) is 12.7. The van der Waals surface area contributed by atoms with E-state index in [1.807, 2.05) is 0 Å². The molecule has 0 fully saturated rings. The average molecular weight is 930 g/mol. The Morgan fingerprint density at radius 2 is 0.806 bits per heavy atom. The molecule has 0 amide bonds. The fraction of sp³-hybridized carbons (Fsp3) is 0.206. The topological polar surface area (TPSA) is 14.8 Å². The molecule has 0 saturated carbocycles. The number of nitrogens with zero attached hydrogens (tertiary/aromatic N) is 3. The van der Waals surface area contributed by atoms with Crippen molar-refractivity contribution in [3.63, 3.8) is 0 Å². The number of aryl methyl sites for hydroxylation is 1. The molecule has 0 saturated heterocycles. The summed E-state index contributed by atoms with van der Waals surface area (Å²) in [6.45, 7) is 23.3. The summed E-state index contributed by atoms with van der Waals surface area (Å²) in [4.78, 5) is 0. The zero-order valence-electron chi connectivity index (χ0n) is 43.3. The summed E-state index contributed by atoms with van der Waals surface area (Å²) in [5.74, 6) is 0. The predicted molar refractivity (Wildman–Crippen MR) is 310 cm³/mol. The van der Waals surface area contributed by atoms with Crippen LogP contribution >= 0.6 is 0 Å². The summed E-state index contributed by atoms with van der Waals surface area (Å²) < 4.78 is 7.94. The fourth-order valence-electron chi connectivity index (χ4n) is 12.7. The first kappa shape index (κ1) is 43.3. The monoisotopic (exact) mass is 929 g/mol. The van der Waals surface area contributed by atoms with Gasteiger partial charge in [-0.15, -0.1) is 0 Å². The lowest BCUT2D eigenvalue weighted by Crippen LogP contribution is -2.59. The summed E-state index contributed by atoms with van der Waals surface area (Å²) >= 11 is 0. The average Bonchev–Trinajstić information content (AvgIpc) is 4.01. The van der Waals surface area contributed by atoms with Crippen LogP contribution in [0.5, 0.6) is 0 Å². The third kappa shape index (κ3) is 6.11. The lowest BCUT2D eigenvalue weighted by Gasteiger charge is -2.35. The molecule has 350 valence electrons. The van der Waals surface area contributed by atoms with Crippen molar-refractivity contribution in [1.82, 2.24) is 13.7 Å². The van der Waals surface area contributed by atoms with Crippen molar-refractivity contribution >= 4 is 88.5 Å². The van der Waals surface area contributed by atoms with Crippen molar-refractivity contribution < 1.29 is 0 Å². The lowest BCUT2D eigenvalue weighted by atomic mass is 9.34. The second-order valence-corrected chi connectivity index (χ2v) is 24.1. The van der Waals surface area contributed by atoms with Gasteiger partial charge in [0.05, 0.1) is 27.8 Å². The normalized spacial score (nSPS) is 13.4. The molecule has 3 nitrogen and oxygen atoms in total. The van der Waals surface area contributed by atoms with Crippen LogP contribution in [0.1, 0.15) is 91.5 Å². The van der Waals surface area contributed by atoms with Gasteiger partial charge in [0.25, 0.3) is 6.71 Å². The van der Waals surface area contributed by atoms with Gasteiger partial charge < -0.3 is 13.7 Å². The number of hydrogen-bond acceptors (Lipinski definition) is 0. The Morgan fingerprint density at radius 3 is 1.28 bits per heavy atom. The van der Waals surface area contributed by atoms with Crippen LogP contribution in [0.4, 0.5) is 0 Å². The van der Waals surface area contributed by atoms with Gasteiger partial charge in [0, 0.05) is 54.7 Å². The van der Waals surface area contributed by atoms with E-state index in [1.54, 1.807) is 0 Å². The van der Waals surface area contributed by atoms with Crippen LogP contribution in [0.2, 0.25) is 0 Å². The Hall–Kier alpha value is -7.56. The van der Waals surface area contributed by atoms with E-state index in [0.717, 1.165) is 6.42 Å².